The van der Waals surface area contributed by atoms with E-state index in [4.69, 9.17) is 14.2 Å². The van der Waals surface area contributed by atoms with E-state index in [1.807, 2.05) is 35.2 Å². The summed E-state index contributed by atoms with van der Waals surface area (Å²) in [6.45, 7) is 6.96. The molecule has 1 saturated heterocycles. The molecule has 0 radical (unpaired) electrons. The van der Waals surface area contributed by atoms with Crippen molar-refractivity contribution in [2.45, 2.75) is 19.6 Å². The van der Waals surface area contributed by atoms with E-state index in [1.165, 1.54) is 11.1 Å². The molecule has 0 aliphatic carbocycles. The molecule has 2 aromatic carbocycles. The van der Waals surface area contributed by atoms with Gasteiger partial charge in [-0.05, 0) is 24.6 Å². The predicted octanol–water partition coefficient (Wildman–Crippen LogP) is 2.75. The van der Waals surface area contributed by atoms with E-state index in [1.54, 1.807) is 7.11 Å². The smallest absolute Gasteiger partial charge is 0.265 e. The number of ether oxygens (including phenoxy) is 3. The molecule has 1 aliphatic heterocycles. The number of carbonyl (C=O) groups is 1. The average molecular weight is 413 g/mol. The summed E-state index contributed by atoms with van der Waals surface area (Å²) in [5.41, 5.74) is 2.43. The summed E-state index contributed by atoms with van der Waals surface area (Å²) in [5.74, 6) is 0.708. The van der Waals surface area contributed by atoms with Gasteiger partial charge in [0.05, 0.1) is 19.8 Å². The molecule has 1 heterocycles. The van der Waals surface area contributed by atoms with Crippen molar-refractivity contribution in [2.75, 3.05) is 53.1 Å². The topological polar surface area (TPSA) is 51.2 Å². The number of methoxy groups -OCH3 is 1. The number of hydrogen-bond donors (Lipinski definition) is 0. The molecule has 0 saturated carbocycles. The van der Waals surface area contributed by atoms with Crippen LogP contribution in [0.4, 0.5) is 0 Å². The Hall–Kier alpha value is -2.41. The van der Waals surface area contributed by atoms with E-state index in [-0.39, 0.29) is 5.91 Å². The van der Waals surface area contributed by atoms with E-state index in [9.17, 15) is 4.79 Å². The van der Waals surface area contributed by atoms with Crippen LogP contribution in [0.3, 0.4) is 0 Å². The van der Waals surface area contributed by atoms with Gasteiger partial charge in [-0.15, -0.1) is 0 Å². The van der Waals surface area contributed by atoms with Crippen LogP contribution in [0.2, 0.25) is 0 Å². The number of morpholine rings is 1. The van der Waals surface area contributed by atoms with Crippen LogP contribution in [0.15, 0.2) is 54.6 Å². The predicted molar refractivity (Wildman–Crippen MR) is 117 cm³/mol. The third-order valence-corrected chi connectivity index (χ3v) is 5.14. The quantitative estimate of drug-likeness (QED) is 0.601. The van der Waals surface area contributed by atoms with Crippen LogP contribution < -0.4 is 4.74 Å². The monoisotopic (exact) mass is 412 g/mol. The Labute approximate surface area is 179 Å². The fourth-order valence-corrected chi connectivity index (χ4v) is 3.57. The van der Waals surface area contributed by atoms with Gasteiger partial charge in [-0.2, -0.15) is 0 Å². The molecular weight excluding hydrogens is 380 g/mol. The molecule has 30 heavy (non-hydrogen) atoms. The van der Waals surface area contributed by atoms with Crippen molar-refractivity contribution in [2.24, 2.45) is 0 Å². The third kappa shape index (κ3) is 6.83. The standard InChI is InChI=1S/C24H32N2O4/c1-20-7-6-8-21(17-20)18-25(11-14-28-2)19-23(30-22-9-4-3-5-10-22)24(27)26-12-15-29-16-13-26/h3-10,17,23H,11-16,18-19H2,1-2H3. The van der Waals surface area contributed by atoms with Crippen LogP contribution in [0.5, 0.6) is 5.75 Å². The van der Waals surface area contributed by atoms with Gasteiger partial charge in [0.25, 0.3) is 5.91 Å². The van der Waals surface area contributed by atoms with Gasteiger partial charge in [0.1, 0.15) is 5.75 Å². The van der Waals surface area contributed by atoms with E-state index in [0.29, 0.717) is 45.2 Å². The SMILES string of the molecule is COCCN(Cc1cccc(C)c1)CC(Oc1ccccc1)C(=O)N1CCOCC1. The molecule has 0 aromatic heterocycles. The van der Waals surface area contributed by atoms with Crippen LogP contribution in [-0.2, 0) is 20.8 Å². The van der Waals surface area contributed by atoms with Gasteiger partial charge < -0.3 is 19.1 Å². The highest BCUT2D eigenvalue weighted by atomic mass is 16.5. The molecule has 1 amide bonds. The van der Waals surface area contributed by atoms with Gasteiger partial charge in [0.15, 0.2) is 6.10 Å². The lowest BCUT2D eigenvalue weighted by molar-refractivity contribution is -0.143. The lowest BCUT2D eigenvalue weighted by atomic mass is 10.1. The van der Waals surface area contributed by atoms with Crippen LogP contribution in [0, 0.1) is 6.92 Å². The zero-order valence-corrected chi connectivity index (χ0v) is 18.0. The third-order valence-electron chi connectivity index (χ3n) is 5.14. The molecule has 3 rings (SSSR count). The van der Waals surface area contributed by atoms with Crippen LogP contribution >= 0.6 is 0 Å². The summed E-state index contributed by atoms with van der Waals surface area (Å²) in [4.78, 5) is 17.4. The zero-order valence-electron chi connectivity index (χ0n) is 18.0. The number of carbonyl (C=O) groups excluding carboxylic acids is 1. The maximum atomic E-state index is 13.3. The highest BCUT2D eigenvalue weighted by molar-refractivity contribution is 5.81. The lowest BCUT2D eigenvalue weighted by Gasteiger charge is -2.33. The summed E-state index contributed by atoms with van der Waals surface area (Å²) < 4.78 is 16.9. The Bertz CT molecular complexity index is 778. The zero-order chi connectivity index (χ0) is 21.2. The molecule has 1 atom stereocenters. The summed E-state index contributed by atoms with van der Waals surface area (Å²) in [6.07, 6.45) is -0.591. The van der Waals surface area contributed by atoms with Gasteiger partial charge in [-0.3, -0.25) is 9.69 Å². The molecule has 1 fully saturated rings. The van der Waals surface area contributed by atoms with Crippen molar-refractivity contribution in [3.05, 3.63) is 65.7 Å². The molecular formula is C24H32N2O4. The van der Waals surface area contributed by atoms with Crippen molar-refractivity contribution >= 4 is 5.91 Å². The molecule has 1 aliphatic rings. The van der Waals surface area contributed by atoms with Crippen molar-refractivity contribution in [3.63, 3.8) is 0 Å². The van der Waals surface area contributed by atoms with Crippen LogP contribution in [0.1, 0.15) is 11.1 Å². The van der Waals surface area contributed by atoms with Crippen molar-refractivity contribution < 1.29 is 19.0 Å². The summed E-state index contributed by atoms with van der Waals surface area (Å²) >= 11 is 0. The number of aryl methyl sites for hydroxylation is 1. The normalized spacial score (nSPS) is 15.2. The Kier molecular flexibility index (Phi) is 8.68. The number of para-hydroxylation sites is 1. The summed E-state index contributed by atoms with van der Waals surface area (Å²) in [6, 6.07) is 18.0. The fraction of sp³-hybridized carbons (Fsp3) is 0.458. The minimum absolute atomic E-state index is 0.00816. The molecule has 0 N–H and O–H groups in total. The molecule has 0 spiro atoms. The largest absolute Gasteiger partial charge is 0.479 e. The summed E-state index contributed by atoms with van der Waals surface area (Å²) in [7, 11) is 1.70. The number of nitrogens with zero attached hydrogens (tertiary/aromatic N) is 2. The molecule has 0 bridgehead atoms. The number of rotatable bonds is 10. The first-order valence-electron chi connectivity index (χ1n) is 10.5. The number of amides is 1. The van der Waals surface area contributed by atoms with Crippen molar-refractivity contribution in [1.82, 2.24) is 9.80 Å². The summed E-state index contributed by atoms with van der Waals surface area (Å²) in [5, 5.41) is 0. The van der Waals surface area contributed by atoms with Gasteiger partial charge in [-0.25, -0.2) is 0 Å². The van der Waals surface area contributed by atoms with E-state index in [2.05, 4.69) is 36.1 Å². The van der Waals surface area contributed by atoms with Gasteiger partial charge in [0, 0.05) is 39.8 Å². The average Bonchev–Trinajstić information content (AvgIpc) is 2.78. The first kappa shape index (κ1) is 22.3. The van der Waals surface area contributed by atoms with E-state index < -0.39 is 6.10 Å². The Morgan fingerprint density at radius 1 is 1.13 bits per heavy atom. The molecule has 162 valence electrons. The minimum atomic E-state index is -0.591. The molecule has 6 heteroatoms. The highest BCUT2D eigenvalue weighted by Crippen LogP contribution is 2.16. The van der Waals surface area contributed by atoms with Crippen molar-refractivity contribution in [3.8, 4) is 5.75 Å². The maximum absolute atomic E-state index is 13.3. The van der Waals surface area contributed by atoms with Gasteiger partial charge in [-0.1, -0.05) is 48.0 Å². The lowest BCUT2D eigenvalue weighted by Crippen LogP contribution is -2.51. The highest BCUT2D eigenvalue weighted by Gasteiger charge is 2.29. The molecule has 2 aromatic rings. The maximum Gasteiger partial charge on any atom is 0.265 e. The Morgan fingerprint density at radius 3 is 2.60 bits per heavy atom. The Balaban J connectivity index is 1.76. The minimum Gasteiger partial charge on any atom is -0.479 e. The van der Waals surface area contributed by atoms with E-state index in [0.717, 1.165) is 13.1 Å². The number of benzene rings is 2. The van der Waals surface area contributed by atoms with E-state index >= 15 is 0 Å². The van der Waals surface area contributed by atoms with Crippen molar-refractivity contribution in [1.29, 1.82) is 0 Å². The van der Waals surface area contributed by atoms with Gasteiger partial charge >= 0.3 is 0 Å². The first-order chi connectivity index (χ1) is 14.7. The van der Waals surface area contributed by atoms with Gasteiger partial charge in [0.2, 0.25) is 0 Å². The Morgan fingerprint density at radius 2 is 1.90 bits per heavy atom. The number of hydrogen-bond acceptors (Lipinski definition) is 5. The second kappa shape index (κ2) is 11.7. The molecule has 6 nitrogen and oxygen atoms in total. The first-order valence-corrected chi connectivity index (χ1v) is 10.5. The molecule has 1 unspecified atom stereocenters. The fourth-order valence-electron chi connectivity index (χ4n) is 3.57. The van der Waals surface area contributed by atoms with Crippen LogP contribution in [0.25, 0.3) is 0 Å². The van der Waals surface area contributed by atoms with Crippen LogP contribution in [-0.4, -0.2) is 74.9 Å². The second-order valence-corrected chi connectivity index (χ2v) is 7.57. The second-order valence-electron chi connectivity index (χ2n) is 7.57.